The van der Waals surface area contributed by atoms with Crippen LogP contribution in [0.2, 0.25) is 0 Å². The monoisotopic (exact) mass is 302 g/mol. The van der Waals surface area contributed by atoms with Gasteiger partial charge in [-0.25, -0.2) is 4.68 Å². The van der Waals surface area contributed by atoms with E-state index in [9.17, 15) is 5.11 Å². The maximum absolute atomic E-state index is 10.5. The average Bonchev–Trinajstić information content (AvgIpc) is 2.89. The van der Waals surface area contributed by atoms with Crippen molar-refractivity contribution in [1.82, 2.24) is 15.1 Å². The van der Waals surface area contributed by atoms with E-state index in [0.717, 1.165) is 29.7 Å². The third-order valence-corrected chi connectivity index (χ3v) is 4.27. The Labute approximate surface area is 131 Å². The number of rotatable bonds is 3. The predicted octanol–water partition coefficient (Wildman–Crippen LogP) is 2.74. The van der Waals surface area contributed by atoms with Gasteiger partial charge in [-0.3, -0.25) is 0 Å². The van der Waals surface area contributed by atoms with Crippen LogP contribution in [-0.4, -0.2) is 34.0 Å². The number of aliphatic hydroxyl groups is 1. The summed E-state index contributed by atoms with van der Waals surface area (Å²) in [5.74, 6) is 0. The summed E-state index contributed by atoms with van der Waals surface area (Å²) in [4.78, 5) is 0. The first-order chi connectivity index (χ1) is 10.4. The zero-order chi connectivity index (χ0) is 15.7. The molecule has 0 radical (unpaired) electrons. The van der Waals surface area contributed by atoms with E-state index in [1.807, 2.05) is 33.0 Å². The van der Waals surface area contributed by atoms with Crippen molar-refractivity contribution in [2.24, 2.45) is 5.41 Å². The summed E-state index contributed by atoms with van der Waals surface area (Å²) in [7, 11) is 0. The Morgan fingerprint density at radius 1 is 1.41 bits per heavy atom. The molecule has 2 heterocycles. The standard InChI is InChI=1S/C17H26N4O/c1-17(2,3)16(22)21-15-7-6-13(9-12(15)10-19-21)20-14-5-4-8-18-11-14/h6-7,9-10,14,16,18,20,22H,4-5,8,11H2,1-3H3. The second-order valence-corrected chi connectivity index (χ2v) is 7.29. The van der Waals surface area contributed by atoms with Crippen molar-refractivity contribution in [3.05, 3.63) is 24.4 Å². The van der Waals surface area contributed by atoms with Crippen LogP contribution in [0.3, 0.4) is 0 Å². The van der Waals surface area contributed by atoms with Crippen LogP contribution in [0.15, 0.2) is 24.4 Å². The van der Waals surface area contributed by atoms with Crippen molar-refractivity contribution < 1.29 is 5.11 Å². The highest BCUT2D eigenvalue weighted by molar-refractivity contribution is 5.82. The fourth-order valence-electron chi connectivity index (χ4n) is 2.92. The summed E-state index contributed by atoms with van der Waals surface area (Å²) in [6.07, 6.45) is 3.61. The number of nitrogens with one attached hydrogen (secondary N) is 2. The van der Waals surface area contributed by atoms with Crippen LogP contribution in [0, 0.1) is 5.41 Å². The van der Waals surface area contributed by atoms with E-state index >= 15 is 0 Å². The molecule has 0 bridgehead atoms. The van der Waals surface area contributed by atoms with Crippen molar-refractivity contribution in [2.75, 3.05) is 18.4 Å². The molecule has 5 nitrogen and oxygen atoms in total. The minimum absolute atomic E-state index is 0.246. The minimum atomic E-state index is -0.633. The fourth-order valence-corrected chi connectivity index (χ4v) is 2.92. The van der Waals surface area contributed by atoms with Gasteiger partial charge in [0.2, 0.25) is 0 Å². The number of fused-ring (bicyclic) bond motifs is 1. The van der Waals surface area contributed by atoms with Crippen LogP contribution < -0.4 is 10.6 Å². The number of anilines is 1. The van der Waals surface area contributed by atoms with E-state index in [1.165, 1.54) is 12.8 Å². The lowest BCUT2D eigenvalue weighted by Crippen LogP contribution is -2.38. The van der Waals surface area contributed by atoms with Gasteiger partial charge in [0.05, 0.1) is 11.7 Å². The average molecular weight is 302 g/mol. The van der Waals surface area contributed by atoms with Crippen LogP contribution in [-0.2, 0) is 0 Å². The molecule has 3 rings (SSSR count). The molecule has 0 aliphatic carbocycles. The molecular weight excluding hydrogens is 276 g/mol. The quantitative estimate of drug-likeness (QED) is 0.816. The summed E-state index contributed by atoms with van der Waals surface area (Å²) in [5.41, 5.74) is 1.84. The van der Waals surface area contributed by atoms with Gasteiger partial charge in [0, 0.05) is 29.1 Å². The topological polar surface area (TPSA) is 62.1 Å². The van der Waals surface area contributed by atoms with Gasteiger partial charge in [-0.2, -0.15) is 5.10 Å². The first-order valence-corrected chi connectivity index (χ1v) is 8.08. The first-order valence-electron chi connectivity index (χ1n) is 8.08. The highest BCUT2D eigenvalue weighted by atomic mass is 16.3. The van der Waals surface area contributed by atoms with Crippen molar-refractivity contribution >= 4 is 16.6 Å². The lowest BCUT2D eigenvalue weighted by molar-refractivity contribution is -0.00641. The maximum Gasteiger partial charge on any atom is 0.152 e. The molecule has 0 spiro atoms. The van der Waals surface area contributed by atoms with Gasteiger partial charge in [0.25, 0.3) is 0 Å². The summed E-state index contributed by atoms with van der Waals surface area (Å²) >= 11 is 0. The van der Waals surface area contributed by atoms with Crippen molar-refractivity contribution in [3.63, 3.8) is 0 Å². The minimum Gasteiger partial charge on any atom is -0.381 e. The number of nitrogens with zero attached hydrogens (tertiary/aromatic N) is 2. The van der Waals surface area contributed by atoms with E-state index in [2.05, 4.69) is 27.9 Å². The van der Waals surface area contributed by atoms with Crippen LogP contribution in [0.1, 0.15) is 39.8 Å². The zero-order valence-electron chi connectivity index (χ0n) is 13.6. The predicted molar refractivity (Wildman–Crippen MR) is 90.0 cm³/mol. The number of piperidine rings is 1. The second-order valence-electron chi connectivity index (χ2n) is 7.29. The normalized spacial score (nSPS) is 21.0. The Morgan fingerprint density at radius 3 is 2.91 bits per heavy atom. The molecule has 1 fully saturated rings. The summed E-state index contributed by atoms with van der Waals surface area (Å²) in [6, 6.07) is 6.71. The molecule has 1 aromatic heterocycles. The van der Waals surface area contributed by atoms with Crippen LogP contribution in [0.5, 0.6) is 0 Å². The lowest BCUT2D eigenvalue weighted by atomic mass is 9.94. The van der Waals surface area contributed by atoms with E-state index in [-0.39, 0.29) is 5.41 Å². The Kier molecular flexibility index (Phi) is 4.10. The van der Waals surface area contributed by atoms with Gasteiger partial charge in [0.1, 0.15) is 0 Å². The number of hydrogen-bond donors (Lipinski definition) is 3. The molecule has 1 saturated heterocycles. The number of aromatic nitrogens is 2. The van der Waals surface area contributed by atoms with Crippen LogP contribution in [0.25, 0.3) is 10.9 Å². The van der Waals surface area contributed by atoms with Gasteiger partial charge in [-0.1, -0.05) is 20.8 Å². The second kappa shape index (κ2) is 5.89. The van der Waals surface area contributed by atoms with Gasteiger partial charge < -0.3 is 15.7 Å². The smallest absolute Gasteiger partial charge is 0.152 e. The fraction of sp³-hybridized carbons (Fsp3) is 0.588. The van der Waals surface area contributed by atoms with Crippen molar-refractivity contribution in [1.29, 1.82) is 0 Å². The molecule has 3 N–H and O–H groups in total. The number of benzene rings is 1. The third-order valence-electron chi connectivity index (χ3n) is 4.27. The largest absolute Gasteiger partial charge is 0.381 e. The van der Waals surface area contributed by atoms with Gasteiger partial charge in [-0.05, 0) is 37.6 Å². The van der Waals surface area contributed by atoms with Crippen molar-refractivity contribution in [2.45, 2.75) is 45.9 Å². The van der Waals surface area contributed by atoms with E-state index in [4.69, 9.17) is 0 Å². The Morgan fingerprint density at radius 2 is 2.23 bits per heavy atom. The molecule has 2 atom stereocenters. The van der Waals surface area contributed by atoms with Crippen molar-refractivity contribution in [3.8, 4) is 0 Å². The zero-order valence-corrected chi connectivity index (χ0v) is 13.6. The third kappa shape index (κ3) is 3.10. The SMILES string of the molecule is CC(C)(C)C(O)n1ncc2cc(NC3CCCNC3)ccc21. The molecule has 1 aliphatic rings. The highest BCUT2D eigenvalue weighted by Gasteiger charge is 2.25. The lowest BCUT2D eigenvalue weighted by Gasteiger charge is -2.26. The van der Waals surface area contributed by atoms with E-state index in [0.29, 0.717) is 6.04 Å². The molecule has 22 heavy (non-hydrogen) atoms. The van der Waals surface area contributed by atoms with Gasteiger partial charge in [-0.15, -0.1) is 0 Å². The molecule has 5 heteroatoms. The van der Waals surface area contributed by atoms with Gasteiger partial charge in [0.15, 0.2) is 6.23 Å². The van der Waals surface area contributed by atoms with E-state index < -0.39 is 6.23 Å². The Balaban J connectivity index is 1.82. The van der Waals surface area contributed by atoms with Crippen LogP contribution in [0.4, 0.5) is 5.69 Å². The van der Waals surface area contributed by atoms with Gasteiger partial charge >= 0.3 is 0 Å². The van der Waals surface area contributed by atoms with E-state index in [1.54, 1.807) is 4.68 Å². The molecule has 1 aromatic carbocycles. The molecule has 120 valence electrons. The molecule has 0 saturated carbocycles. The molecule has 0 amide bonds. The molecule has 2 unspecified atom stereocenters. The number of aliphatic hydroxyl groups excluding tert-OH is 1. The van der Waals surface area contributed by atoms with Crippen LogP contribution >= 0.6 is 0 Å². The summed E-state index contributed by atoms with van der Waals surface area (Å²) < 4.78 is 1.71. The number of hydrogen-bond acceptors (Lipinski definition) is 4. The first kappa shape index (κ1) is 15.3. The summed E-state index contributed by atoms with van der Waals surface area (Å²) in [5, 5.41) is 22.9. The summed E-state index contributed by atoms with van der Waals surface area (Å²) in [6.45, 7) is 8.17. The maximum atomic E-state index is 10.5. The molecular formula is C17H26N4O. The highest BCUT2D eigenvalue weighted by Crippen LogP contribution is 2.31. The molecule has 1 aliphatic heterocycles. The Hall–Kier alpha value is -1.59. The Bertz CT molecular complexity index is 638. The molecule has 2 aromatic rings.